The Morgan fingerprint density at radius 3 is 2.67 bits per heavy atom. The van der Waals surface area contributed by atoms with Crippen molar-refractivity contribution in [2.45, 2.75) is 46.5 Å². The molecule has 0 saturated heterocycles. The SMILES string of the molecule is C=CC1(C)CCCC(=C)CC1C=C(C)C. The van der Waals surface area contributed by atoms with Crippen molar-refractivity contribution in [3.8, 4) is 0 Å². The molecule has 0 bridgehead atoms. The fourth-order valence-corrected chi connectivity index (χ4v) is 2.46. The molecule has 0 nitrogen and oxygen atoms in total. The van der Waals surface area contributed by atoms with E-state index in [1.807, 2.05) is 0 Å². The van der Waals surface area contributed by atoms with Gasteiger partial charge in [-0.3, -0.25) is 0 Å². The summed E-state index contributed by atoms with van der Waals surface area (Å²) in [4.78, 5) is 0. The van der Waals surface area contributed by atoms with Crippen molar-refractivity contribution in [1.82, 2.24) is 0 Å². The lowest BCUT2D eigenvalue weighted by molar-refractivity contribution is 0.293. The van der Waals surface area contributed by atoms with E-state index in [0.29, 0.717) is 5.92 Å². The molecule has 0 heteroatoms. The van der Waals surface area contributed by atoms with Gasteiger partial charge in [-0.2, -0.15) is 0 Å². The standard InChI is InChI=1S/C15H24/c1-6-15(5)9-7-8-13(4)11-14(15)10-12(2)3/h6,10,14H,1,4,7-9,11H2,2-3,5H3. The topological polar surface area (TPSA) is 0 Å². The minimum Gasteiger partial charge on any atom is -0.103 e. The van der Waals surface area contributed by atoms with Gasteiger partial charge in [0.05, 0.1) is 0 Å². The molecule has 1 fully saturated rings. The fraction of sp³-hybridized carbons (Fsp3) is 0.600. The molecular weight excluding hydrogens is 180 g/mol. The third-order valence-electron chi connectivity index (χ3n) is 3.60. The van der Waals surface area contributed by atoms with Crippen molar-refractivity contribution >= 4 is 0 Å². The van der Waals surface area contributed by atoms with Crippen molar-refractivity contribution < 1.29 is 0 Å². The molecule has 0 radical (unpaired) electrons. The van der Waals surface area contributed by atoms with E-state index in [2.05, 4.69) is 46.1 Å². The van der Waals surface area contributed by atoms with Crippen LogP contribution in [-0.4, -0.2) is 0 Å². The molecule has 0 N–H and O–H groups in total. The summed E-state index contributed by atoms with van der Waals surface area (Å²) in [6, 6.07) is 0. The molecule has 2 unspecified atom stereocenters. The highest BCUT2D eigenvalue weighted by Crippen LogP contribution is 2.43. The average Bonchev–Trinajstić information content (AvgIpc) is 2.27. The van der Waals surface area contributed by atoms with Crippen molar-refractivity contribution in [2.75, 3.05) is 0 Å². The molecule has 15 heavy (non-hydrogen) atoms. The molecular formula is C15H24. The lowest BCUT2D eigenvalue weighted by Crippen LogP contribution is -2.22. The van der Waals surface area contributed by atoms with Crippen LogP contribution in [-0.2, 0) is 0 Å². The minimum atomic E-state index is 0.261. The van der Waals surface area contributed by atoms with E-state index in [-0.39, 0.29) is 5.41 Å². The third-order valence-corrected chi connectivity index (χ3v) is 3.60. The van der Waals surface area contributed by atoms with Gasteiger partial charge in [-0.25, -0.2) is 0 Å². The highest BCUT2D eigenvalue weighted by Gasteiger charge is 2.31. The second-order valence-electron chi connectivity index (χ2n) is 5.37. The molecule has 1 aliphatic carbocycles. The van der Waals surface area contributed by atoms with Gasteiger partial charge >= 0.3 is 0 Å². The Morgan fingerprint density at radius 1 is 1.47 bits per heavy atom. The maximum absolute atomic E-state index is 4.17. The molecule has 2 atom stereocenters. The first-order valence-electron chi connectivity index (χ1n) is 5.93. The molecule has 0 aromatic rings. The second-order valence-corrected chi connectivity index (χ2v) is 5.37. The number of hydrogen-bond donors (Lipinski definition) is 0. The summed E-state index contributed by atoms with van der Waals surface area (Å²) in [6.45, 7) is 14.9. The van der Waals surface area contributed by atoms with Gasteiger partial charge in [-0.15, -0.1) is 6.58 Å². The van der Waals surface area contributed by atoms with Crippen molar-refractivity contribution in [1.29, 1.82) is 0 Å². The van der Waals surface area contributed by atoms with E-state index in [4.69, 9.17) is 0 Å². The minimum absolute atomic E-state index is 0.261. The van der Waals surface area contributed by atoms with Gasteiger partial charge in [-0.05, 0) is 50.9 Å². The summed E-state index contributed by atoms with van der Waals surface area (Å²) in [7, 11) is 0. The second kappa shape index (κ2) is 4.83. The zero-order chi connectivity index (χ0) is 11.5. The van der Waals surface area contributed by atoms with Crippen LogP contribution >= 0.6 is 0 Å². The molecule has 0 spiro atoms. The molecule has 0 heterocycles. The summed E-state index contributed by atoms with van der Waals surface area (Å²) in [6.07, 6.45) is 9.37. The van der Waals surface area contributed by atoms with Gasteiger partial charge in [0, 0.05) is 0 Å². The van der Waals surface area contributed by atoms with Gasteiger partial charge in [0.2, 0.25) is 0 Å². The first kappa shape index (κ1) is 12.3. The van der Waals surface area contributed by atoms with Gasteiger partial charge in [-0.1, -0.05) is 36.8 Å². The average molecular weight is 204 g/mol. The monoisotopic (exact) mass is 204 g/mol. The molecule has 84 valence electrons. The fourth-order valence-electron chi connectivity index (χ4n) is 2.46. The Labute approximate surface area is 94.8 Å². The van der Waals surface area contributed by atoms with E-state index in [9.17, 15) is 0 Å². The van der Waals surface area contributed by atoms with Crippen molar-refractivity contribution in [2.24, 2.45) is 11.3 Å². The van der Waals surface area contributed by atoms with Crippen LogP contribution in [0.2, 0.25) is 0 Å². The van der Waals surface area contributed by atoms with Gasteiger partial charge in [0.15, 0.2) is 0 Å². The zero-order valence-corrected chi connectivity index (χ0v) is 10.5. The summed E-state index contributed by atoms with van der Waals surface area (Å²) >= 11 is 0. The predicted octanol–water partition coefficient (Wildman–Crippen LogP) is 4.89. The van der Waals surface area contributed by atoms with E-state index in [1.165, 1.54) is 30.4 Å². The quantitative estimate of drug-likeness (QED) is 0.443. The Balaban J connectivity index is 2.96. The molecule has 1 saturated carbocycles. The largest absolute Gasteiger partial charge is 0.103 e. The Bertz CT molecular complexity index is 278. The summed E-state index contributed by atoms with van der Waals surface area (Å²) < 4.78 is 0. The van der Waals surface area contributed by atoms with E-state index >= 15 is 0 Å². The van der Waals surface area contributed by atoms with Crippen LogP contribution in [0.3, 0.4) is 0 Å². The first-order chi connectivity index (χ1) is 6.98. The normalized spacial score (nSPS) is 31.9. The summed E-state index contributed by atoms with van der Waals surface area (Å²) in [5.41, 5.74) is 3.07. The lowest BCUT2D eigenvalue weighted by atomic mass is 9.73. The Hall–Kier alpha value is -0.780. The molecule has 0 aromatic carbocycles. The van der Waals surface area contributed by atoms with Crippen LogP contribution in [0.4, 0.5) is 0 Å². The molecule has 1 rings (SSSR count). The Kier molecular flexibility index (Phi) is 3.96. The molecule has 1 aliphatic rings. The lowest BCUT2D eigenvalue weighted by Gasteiger charge is -2.32. The summed E-state index contributed by atoms with van der Waals surface area (Å²) in [5.74, 6) is 0.593. The molecule has 0 amide bonds. The highest BCUT2D eigenvalue weighted by atomic mass is 14.4. The maximum atomic E-state index is 4.17. The van der Waals surface area contributed by atoms with Crippen molar-refractivity contribution in [3.05, 3.63) is 36.5 Å². The van der Waals surface area contributed by atoms with Crippen molar-refractivity contribution in [3.63, 3.8) is 0 Å². The molecule has 0 aliphatic heterocycles. The Morgan fingerprint density at radius 2 is 2.13 bits per heavy atom. The number of hydrogen-bond acceptors (Lipinski definition) is 0. The zero-order valence-electron chi connectivity index (χ0n) is 10.5. The number of allylic oxidation sites excluding steroid dienone is 4. The maximum Gasteiger partial charge on any atom is -0.00832 e. The predicted molar refractivity (Wildman–Crippen MR) is 68.8 cm³/mol. The van der Waals surface area contributed by atoms with Crippen LogP contribution in [0.15, 0.2) is 36.5 Å². The van der Waals surface area contributed by atoms with Crippen LogP contribution < -0.4 is 0 Å². The van der Waals surface area contributed by atoms with Gasteiger partial charge in [0.1, 0.15) is 0 Å². The van der Waals surface area contributed by atoms with E-state index in [1.54, 1.807) is 0 Å². The van der Waals surface area contributed by atoms with E-state index < -0.39 is 0 Å². The van der Waals surface area contributed by atoms with E-state index in [0.717, 1.165) is 6.42 Å². The first-order valence-corrected chi connectivity index (χ1v) is 5.93. The van der Waals surface area contributed by atoms with Crippen LogP contribution in [0.25, 0.3) is 0 Å². The van der Waals surface area contributed by atoms with Gasteiger partial charge < -0.3 is 0 Å². The highest BCUT2D eigenvalue weighted by molar-refractivity contribution is 5.14. The third kappa shape index (κ3) is 3.09. The molecule has 0 aromatic heterocycles. The van der Waals surface area contributed by atoms with Crippen LogP contribution in [0.1, 0.15) is 46.5 Å². The smallest absolute Gasteiger partial charge is 0.00832 e. The van der Waals surface area contributed by atoms with Gasteiger partial charge in [0.25, 0.3) is 0 Å². The summed E-state index contributed by atoms with van der Waals surface area (Å²) in [5, 5.41) is 0. The number of rotatable bonds is 2. The van der Waals surface area contributed by atoms with Crippen LogP contribution in [0, 0.1) is 11.3 Å². The van der Waals surface area contributed by atoms with Crippen LogP contribution in [0.5, 0.6) is 0 Å².